The summed E-state index contributed by atoms with van der Waals surface area (Å²) in [6.07, 6.45) is 11.6. The molecule has 0 bridgehead atoms. The van der Waals surface area contributed by atoms with Gasteiger partial charge in [-0.25, -0.2) is 0 Å². The lowest BCUT2D eigenvalue weighted by atomic mass is 9.33. The Bertz CT molecular complexity index is 874. The van der Waals surface area contributed by atoms with Gasteiger partial charge >= 0.3 is 5.97 Å². The van der Waals surface area contributed by atoms with E-state index in [1.54, 1.807) is 0 Å². The van der Waals surface area contributed by atoms with Crippen molar-refractivity contribution in [2.75, 3.05) is 0 Å². The van der Waals surface area contributed by atoms with Crippen LogP contribution in [0.4, 0.5) is 0 Å². The minimum Gasteiger partial charge on any atom is -0.481 e. The Morgan fingerprint density at radius 1 is 0.909 bits per heavy atom. The maximum absolute atomic E-state index is 12.8. The van der Waals surface area contributed by atoms with Crippen molar-refractivity contribution >= 4 is 5.97 Å². The van der Waals surface area contributed by atoms with Crippen molar-refractivity contribution in [3.05, 3.63) is 11.6 Å². The van der Waals surface area contributed by atoms with Crippen molar-refractivity contribution in [1.29, 1.82) is 0 Å². The van der Waals surface area contributed by atoms with Gasteiger partial charge in [0.1, 0.15) is 0 Å². The summed E-state index contributed by atoms with van der Waals surface area (Å²) in [6.45, 7) is 17.0. The van der Waals surface area contributed by atoms with Gasteiger partial charge in [-0.15, -0.1) is 0 Å². The van der Waals surface area contributed by atoms with E-state index in [2.05, 4.69) is 54.5 Å². The molecule has 0 aromatic rings. The first-order valence-electron chi connectivity index (χ1n) is 13.9. The molecule has 33 heavy (non-hydrogen) atoms. The van der Waals surface area contributed by atoms with Crippen LogP contribution in [0, 0.1) is 56.7 Å². The van der Waals surface area contributed by atoms with E-state index in [1.807, 2.05) is 0 Å². The number of aliphatic hydroxyl groups is 1. The topological polar surface area (TPSA) is 57.5 Å². The Morgan fingerprint density at radius 2 is 1.61 bits per heavy atom. The number of allylic oxidation sites excluding steroid dienone is 2. The third kappa shape index (κ3) is 2.75. The van der Waals surface area contributed by atoms with E-state index in [-0.39, 0.29) is 33.7 Å². The van der Waals surface area contributed by atoms with Crippen LogP contribution in [0.3, 0.4) is 0 Å². The molecule has 3 nitrogen and oxygen atoms in total. The lowest BCUT2D eigenvalue weighted by Crippen LogP contribution is -2.65. The predicted octanol–water partition coefficient (Wildman–Crippen LogP) is 7.09. The molecule has 0 aliphatic heterocycles. The van der Waals surface area contributed by atoms with Crippen LogP contribution in [-0.4, -0.2) is 22.3 Å². The first-order valence-corrected chi connectivity index (χ1v) is 13.9. The first-order chi connectivity index (χ1) is 15.3. The maximum Gasteiger partial charge on any atom is 0.310 e. The summed E-state index contributed by atoms with van der Waals surface area (Å²) in [4.78, 5) is 12.8. The fourth-order valence-electron chi connectivity index (χ4n) is 10.8. The van der Waals surface area contributed by atoms with Crippen molar-refractivity contribution in [1.82, 2.24) is 0 Å². The van der Waals surface area contributed by atoms with Gasteiger partial charge in [0.25, 0.3) is 0 Å². The molecule has 10 atom stereocenters. The van der Waals surface area contributed by atoms with Gasteiger partial charge in [0, 0.05) is 0 Å². The smallest absolute Gasteiger partial charge is 0.310 e. The van der Waals surface area contributed by atoms with Crippen molar-refractivity contribution < 1.29 is 15.0 Å². The number of fused-ring (bicyclic) bond motifs is 7. The van der Waals surface area contributed by atoms with Crippen molar-refractivity contribution in [2.45, 2.75) is 112 Å². The number of carboxylic acids is 1. The minimum absolute atomic E-state index is 0.0302. The monoisotopic (exact) mass is 456 g/mol. The van der Waals surface area contributed by atoms with Crippen LogP contribution in [0.5, 0.6) is 0 Å². The van der Waals surface area contributed by atoms with Crippen LogP contribution in [0.15, 0.2) is 11.6 Å². The Balaban J connectivity index is 1.61. The van der Waals surface area contributed by atoms with E-state index in [1.165, 1.54) is 18.4 Å². The molecule has 0 aromatic carbocycles. The highest BCUT2D eigenvalue weighted by Gasteiger charge is 2.69. The summed E-state index contributed by atoms with van der Waals surface area (Å²) in [5, 5.41) is 21.4. The summed E-state index contributed by atoms with van der Waals surface area (Å²) in [6, 6.07) is 0. The van der Waals surface area contributed by atoms with Gasteiger partial charge in [-0.05, 0) is 109 Å². The van der Waals surface area contributed by atoms with E-state index >= 15 is 0 Å². The molecule has 0 amide bonds. The summed E-state index contributed by atoms with van der Waals surface area (Å²) >= 11 is 0. The van der Waals surface area contributed by atoms with Crippen LogP contribution in [-0.2, 0) is 4.79 Å². The van der Waals surface area contributed by atoms with Gasteiger partial charge in [0.15, 0.2) is 0 Å². The van der Waals surface area contributed by atoms with E-state index in [9.17, 15) is 15.0 Å². The second kappa shape index (κ2) is 7.11. The number of carboxylic acid groups (broad SMARTS) is 1. The highest BCUT2D eigenvalue weighted by Crippen LogP contribution is 2.75. The quantitative estimate of drug-likeness (QED) is 0.414. The highest BCUT2D eigenvalue weighted by atomic mass is 16.4. The molecule has 0 unspecified atom stereocenters. The third-order valence-corrected chi connectivity index (χ3v) is 13.4. The molecule has 5 aliphatic rings. The SMILES string of the molecule is C[C@@H]1[C@H](C)CC[C@]2(C(=O)O)CC[C@]3(C)C(=CC[C@@H]4[C@@]5(C)CC[C@@H](O)C(C)(C)[C@@H]5CC[C@]43C)[C@H]12. The lowest BCUT2D eigenvalue weighted by Gasteiger charge is -2.71. The van der Waals surface area contributed by atoms with Crippen LogP contribution in [0.2, 0.25) is 0 Å². The van der Waals surface area contributed by atoms with E-state index < -0.39 is 11.4 Å². The molecule has 3 heteroatoms. The molecule has 0 heterocycles. The Labute approximate surface area is 201 Å². The van der Waals surface area contributed by atoms with Gasteiger partial charge in [0.05, 0.1) is 11.5 Å². The highest BCUT2D eigenvalue weighted by molar-refractivity contribution is 5.76. The average Bonchev–Trinajstić information content (AvgIpc) is 2.74. The third-order valence-electron chi connectivity index (χ3n) is 13.4. The zero-order chi connectivity index (χ0) is 24.2. The molecule has 186 valence electrons. The lowest BCUT2D eigenvalue weighted by molar-refractivity contribution is -0.206. The Hall–Kier alpha value is -0.830. The Kier molecular flexibility index (Phi) is 5.15. The van der Waals surface area contributed by atoms with Gasteiger partial charge in [-0.2, -0.15) is 0 Å². The summed E-state index contributed by atoms with van der Waals surface area (Å²) in [5.41, 5.74) is 1.46. The van der Waals surface area contributed by atoms with Crippen LogP contribution in [0.25, 0.3) is 0 Å². The van der Waals surface area contributed by atoms with Crippen LogP contribution >= 0.6 is 0 Å². The van der Waals surface area contributed by atoms with Crippen molar-refractivity contribution in [2.24, 2.45) is 56.7 Å². The minimum atomic E-state index is -0.557. The largest absolute Gasteiger partial charge is 0.481 e. The standard InChI is InChI=1S/C30H48O3/c1-18-10-15-30(25(32)33)17-16-28(6)20(24(30)19(18)2)8-9-22-27(5)13-12-23(31)26(3,4)21(27)11-14-29(22,28)7/h8,18-19,21-24,31H,9-17H2,1-7H3,(H,32,33)/t18-,19-,21+,22-,23-,24+,27+,28-,29-,30+/m1/s1. The van der Waals surface area contributed by atoms with E-state index in [0.717, 1.165) is 44.9 Å². The number of aliphatic hydroxyl groups excluding tert-OH is 1. The van der Waals surface area contributed by atoms with Gasteiger partial charge < -0.3 is 10.2 Å². The maximum atomic E-state index is 12.8. The average molecular weight is 457 g/mol. The summed E-state index contributed by atoms with van der Waals surface area (Å²) in [7, 11) is 0. The second-order valence-electron chi connectivity index (χ2n) is 14.5. The molecular weight excluding hydrogens is 408 g/mol. The number of aliphatic carboxylic acids is 1. The Morgan fingerprint density at radius 3 is 2.27 bits per heavy atom. The number of hydrogen-bond acceptors (Lipinski definition) is 2. The summed E-state index contributed by atoms with van der Waals surface area (Å²) < 4.78 is 0. The van der Waals surface area contributed by atoms with Gasteiger partial charge in [-0.3, -0.25) is 4.79 Å². The predicted molar refractivity (Wildman–Crippen MR) is 133 cm³/mol. The molecule has 0 radical (unpaired) electrons. The molecule has 4 saturated carbocycles. The van der Waals surface area contributed by atoms with Crippen molar-refractivity contribution in [3.63, 3.8) is 0 Å². The zero-order valence-corrected chi connectivity index (χ0v) is 22.2. The second-order valence-corrected chi connectivity index (χ2v) is 14.5. The van der Waals surface area contributed by atoms with E-state index in [0.29, 0.717) is 23.7 Å². The van der Waals surface area contributed by atoms with E-state index in [4.69, 9.17) is 0 Å². The summed E-state index contributed by atoms with van der Waals surface area (Å²) in [5.74, 6) is 1.82. The molecule has 5 aliphatic carbocycles. The molecule has 0 aromatic heterocycles. The molecule has 2 N–H and O–H groups in total. The van der Waals surface area contributed by atoms with Gasteiger partial charge in [-0.1, -0.05) is 60.1 Å². The van der Waals surface area contributed by atoms with Gasteiger partial charge in [0.2, 0.25) is 0 Å². The number of carbonyl (C=O) groups is 1. The normalized spacial score (nSPS) is 55.3. The molecular formula is C30H48O3. The zero-order valence-electron chi connectivity index (χ0n) is 22.2. The molecule has 5 rings (SSSR count). The van der Waals surface area contributed by atoms with Crippen LogP contribution < -0.4 is 0 Å². The fraction of sp³-hybridized carbons (Fsp3) is 0.900. The molecule has 0 spiro atoms. The van der Waals surface area contributed by atoms with Crippen LogP contribution in [0.1, 0.15) is 106 Å². The number of rotatable bonds is 1. The van der Waals surface area contributed by atoms with Crippen molar-refractivity contribution in [3.8, 4) is 0 Å². The first kappa shape index (κ1) is 23.9. The fourth-order valence-corrected chi connectivity index (χ4v) is 10.8. The molecule has 0 saturated heterocycles. The molecule has 4 fully saturated rings. The number of hydrogen-bond donors (Lipinski definition) is 2.